The molecule has 0 aliphatic carbocycles. The third kappa shape index (κ3) is 2.52. The van der Waals surface area contributed by atoms with E-state index in [9.17, 15) is 10.2 Å². The molecule has 20 heavy (non-hydrogen) atoms. The summed E-state index contributed by atoms with van der Waals surface area (Å²) in [5, 5.41) is 16.5. The Morgan fingerprint density at radius 3 is 2.85 bits per heavy atom. The minimum absolute atomic E-state index is 0.0822. The Morgan fingerprint density at radius 1 is 1.50 bits per heavy atom. The van der Waals surface area contributed by atoms with Crippen LogP contribution in [0.2, 0.25) is 0 Å². The van der Waals surface area contributed by atoms with Crippen molar-refractivity contribution in [3.8, 4) is 6.07 Å². The molecule has 0 unspecified atom stereocenters. The van der Waals surface area contributed by atoms with Crippen LogP contribution in [0.15, 0.2) is 29.4 Å². The van der Waals surface area contributed by atoms with Gasteiger partial charge < -0.3 is 5.73 Å². The zero-order valence-corrected chi connectivity index (χ0v) is 11.4. The molecule has 0 aliphatic heterocycles. The fourth-order valence-corrected chi connectivity index (χ4v) is 2.05. The van der Waals surface area contributed by atoms with E-state index in [1.165, 1.54) is 0 Å². The van der Waals surface area contributed by atoms with E-state index in [2.05, 4.69) is 16.3 Å². The predicted octanol–water partition coefficient (Wildman–Crippen LogP) is 2.91. The lowest BCUT2D eigenvalue weighted by Gasteiger charge is -2.06. The summed E-state index contributed by atoms with van der Waals surface area (Å²) in [6, 6.07) is 9.10. The summed E-state index contributed by atoms with van der Waals surface area (Å²) in [4.78, 5) is 10.5. The number of nitrogen functional groups attached to an aromatic ring is 1. The second kappa shape index (κ2) is 5.53. The third-order valence-corrected chi connectivity index (χ3v) is 3.01. The van der Waals surface area contributed by atoms with Crippen molar-refractivity contribution in [3.05, 3.63) is 46.0 Å². The van der Waals surface area contributed by atoms with Gasteiger partial charge in [-0.05, 0) is 36.7 Å². The number of nitroso groups, excluding NO2 is 1. The molecule has 102 valence electrons. The van der Waals surface area contributed by atoms with Gasteiger partial charge in [-0.2, -0.15) is 10.4 Å². The molecule has 0 atom stereocenters. The van der Waals surface area contributed by atoms with Gasteiger partial charge in [-0.3, -0.25) is 0 Å². The van der Waals surface area contributed by atoms with Gasteiger partial charge in [0.25, 0.3) is 0 Å². The van der Waals surface area contributed by atoms with E-state index < -0.39 is 0 Å². The summed E-state index contributed by atoms with van der Waals surface area (Å²) in [5.74, 6) is 0.377. The molecule has 0 aliphatic rings. The van der Waals surface area contributed by atoms with Gasteiger partial charge in [0.15, 0.2) is 0 Å². The number of hydrogen-bond acceptors (Lipinski definition) is 5. The van der Waals surface area contributed by atoms with Crippen molar-refractivity contribution < 1.29 is 0 Å². The molecule has 0 fully saturated rings. The Kier molecular flexibility index (Phi) is 3.80. The quantitative estimate of drug-likeness (QED) is 0.863. The van der Waals surface area contributed by atoms with Crippen molar-refractivity contribution in [2.24, 2.45) is 5.18 Å². The predicted molar refractivity (Wildman–Crippen MR) is 76.4 cm³/mol. The summed E-state index contributed by atoms with van der Waals surface area (Å²) < 4.78 is 1.63. The van der Waals surface area contributed by atoms with E-state index in [1.807, 2.05) is 19.9 Å². The van der Waals surface area contributed by atoms with Gasteiger partial charge in [0.1, 0.15) is 23.1 Å². The fourth-order valence-electron chi connectivity index (χ4n) is 2.05. The van der Waals surface area contributed by atoms with Crippen molar-refractivity contribution in [2.75, 3.05) is 5.73 Å². The number of nitriles is 1. The Hall–Kier alpha value is -2.68. The van der Waals surface area contributed by atoms with E-state index in [0.29, 0.717) is 29.2 Å². The number of rotatable bonds is 4. The van der Waals surface area contributed by atoms with Crippen LogP contribution in [0.3, 0.4) is 0 Å². The van der Waals surface area contributed by atoms with Crippen LogP contribution in [0.1, 0.15) is 36.7 Å². The van der Waals surface area contributed by atoms with E-state index >= 15 is 0 Å². The van der Waals surface area contributed by atoms with Crippen molar-refractivity contribution in [2.45, 2.75) is 26.3 Å². The first-order valence-corrected chi connectivity index (χ1v) is 6.26. The summed E-state index contributed by atoms with van der Waals surface area (Å²) >= 11 is 0. The molecule has 0 spiro atoms. The van der Waals surface area contributed by atoms with Gasteiger partial charge in [0.05, 0.1) is 5.69 Å². The number of hydrogen-bond donors (Lipinski definition) is 1. The number of nitrogens with zero attached hydrogens (tertiary/aromatic N) is 4. The maximum absolute atomic E-state index is 10.5. The minimum Gasteiger partial charge on any atom is -0.383 e. The fraction of sp³-hybridized carbons (Fsp3) is 0.286. The molecule has 1 aromatic carbocycles. The molecule has 0 radical (unpaired) electrons. The first-order chi connectivity index (χ1) is 9.56. The third-order valence-electron chi connectivity index (χ3n) is 3.01. The smallest absolute Gasteiger partial charge is 0.140 e. The largest absolute Gasteiger partial charge is 0.383 e. The topological polar surface area (TPSA) is 97.1 Å². The van der Waals surface area contributed by atoms with E-state index in [4.69, 9.17) is 5.73 Å². The molecule has 6 heteroatoms. The summed E-state index contributed by atoms with van der Waals surface area (Å²) in [5.41, 5.74) is 8.17. The lowest BCUT2D eigenvalue weighted by molar-refractivity contribution is 0.535. The summed E-state index contributed by atoms with van der Waals surface area (Å²) in [7, 11) is 0. The van der Waals surface area contributed by atoms with Crippen LogP contribution in [0, 0.1) is 16.2 Å². The van der Waals surface area contributed by atoms with Gasteiger partial charge in [0.2, 0.25) is 0 Å². The van der Waals surface area contributed by atoms with Gasteiger partial charge in [-0.15, -0.1) is 4.91 Å². The molecule has 2 N–H and O–H groups in total. The number of nitrogens with two attached hydrogens (primary N) is 1. The Labute approximate surface area is 116 Å². The maximum atomic E-state index is 10.5. The van der Waals surface area contributed by atoms with Gasteiger partial charge in [-0.25, -0.2) is 4.68 Å². The Balaban J connectivity index is 2.40. The van der Waals surface area contributed by atoms with Gasteiger partial charge >= 0.3 is 0 Å². The SMILES string of the molecule is CC(C)n1nc(Cc2cccc(N=O)c2)c(C#N)c1N. The van der Waals surface area contributed by atoms with Crippen molar-refractivity contribution in [1.82, 2.24) is 9.78 Å². The second-order valence-electron chi connectivity index (χ2n) is 4.80. The Bertz CT molecular complexity index is 681. The molecular formula is C14H15N5O. The maximum Gasteiger partial charge on any atom is 0.140 e. The highest BCUT2D eigenvalue weighted by Crippen LogP contribution is 2.23. The Morgan fingerprint density at radius 2 is 2.25 bits per heavy atom. The molecule has 0 saturated heterocycles. The lowest BCUT2D eigenvalue weighted by Crippen LogP contribution is -2.07. The van der Waals surface area contributed by atoms with Crippen LogP contribution < -0.4 is 5.73 Å². The summed E-state index contributed by atoms with van der Waals surface area (Å²) in [6.45, 7) is 3.90. The first kappa shape index (κ1) is 13.7. The van der Waals surface area contributed by atoms with E-state index in [0.717, 1.165) is 5.56 Å². The van der Waals surface area contributed by atoms with Gasteiger partial charge in [-0.1, -0.05) is 12.1 Å². The van der Waals surface area contributed by atoms with Crippen LogP contribution in [-0.2, 0) is 6.42 Å². The van der Waals surface area contributed by atoms with Crippen molar-refractivity contribution >= 4 is 11.5 Å². The zero-order valence-electron chi connectivity index (χ0n) is 11.4. The molecular weight excluding hydrogens is 254 g/mol. The monoisotopic (exact) mass is 269 g/mol. The normalized spacial score (nSPS) is 10.5. The molecule has 0 bridgehead atoms. The average Bonchev–Trinajstić information content (AvgIpc) is 2.75. The van der Waals surface area contributed by atoms with Crippen LogP contribution >= 0.6 is 0 Å². The van der Waals surface area contributed by atoms with Crippen molar-refractivity contribution in [3.63, 3.8) is 0 Å². The number of aromatic nitrogens is 2. The highest BCUT2D eigenvalue weighted by atomic mass is 16.3. The highest BCUT2D eigenvalue weighted by Gasteiger charge is 2.17. The zero-order chi connectivity index (χ0) is 14.7. The van der Waals surface area contributed by atoms with E-state index in [-0.39, 0.29) is 6.04 Å². The van der Waals surface area contributed by atoms with Gasteiger partial charge in [0, 0.05) is 12.5 Å². The molecule has 1 heterocycles. The highest BCUT2D eigenvalue weighted by molar-refractivity contribution is 5.54. The standard InChI is InChI=1S/C14H15N5O/c1-9(2)19-14(16)12(8-15)13(17-19)7-10-4-3-5-11(6-10)18-20/h3-6,9H,7,16H2,1-2H3. The molecule has 0 saturated carbocycles. The number of benzene rings is 1. The minimum atomic E-state index is 0.0822. The summed E-state index contributed by atoms with van der Waals surface area (Å²) in [6.07, 6.45) is 0.441. The van der Waals surface area contributed by atoms with Crippen molar-refractivity contribution in [1.29, 1.82) is 5.26 Å². The molecule has 1 aromatic heterocycles. The molecule has 2 rings (SSSR count). The molecule has 0 amide bonds. The second-order valence-corrected chi connectivity index (χ2v) is 4.80. The number of anilines is 1. The lowest BCUT2D eigenvalue weighted by atomic mass is 10.1. The molecule has 2 aromatic rings. The van der Waals surface area contributed by atoms with Crippen LogP contribution in [-0.4, -0.2) is 9.78 Å². The van der Waals surface area contributed by atoms with E-state index in [1.54, 1.807) is 22.9 Å². The van der Waals surface area contributed by atoms with Crippen LogP contribution in [0.4, 0.5) is 11.5 Å². The molecule has 6 nitrogen and oxygen atoms in total. The van der Waals surface area contributed by atoms with Crippen LogP contribution in [0.25, 0.3) is 0 Å². The first-order valence-electron chi connectivity index (χ1n) is 6.26. The average molecular weight is 269 g/mol. The van der Waals surface area contributed by atoms with Crippen LogP contribution in [0.5, 0.6) is 0 Å².